The van der Waals surface area contributed by atoms with Gasteiger partial charge in [0.05, 0.1) is 11.3 Å². The number of benzene rings is 2. The number of carbonyl (C=O) groups is 1. The summed E-state index contributed by atoms with van der Waals surface area (Å²) in [6.45, 7) is 3.46. The Bertz CT molecular complexity index is 1310. The first-order valence-electron chi connectivity index (χ1n) is 10.8. The minimum atomic E-state index is 0.0837. The van der Waals surface area contributed by atoms with E-state index in [2.05, 4.69) is 21.4 Å². The number of fused-ring (bicyclic) bond motifs is 1. The fourth-order valence-electron chi connectivity index (χ4n) is 4.15. The molecule has 4 aromatic rings. The SMILES string of the molecule is CCn1c(SCC(=O)N2CCc3ccccc32)nnc1-c1cn(C)nc1-c1ccc(Cl)cc1. The predicted octanol–water partition coefficient (Wildman–Crippen LogP) is 4.70. The van der Waals surface area contributed by atoms with Crippen LogP contribution in [0.1, 0.15) is 12.5 Å². The van der Waals surface area contributed by atoms with Gasteiger partial charge in [0, 0.05) is 42.6 Å². The Balaban J connectivity index is 1.39. The summed E-state index contributed by atoms with van der Waals surface area (Å²) in [5.74, 6) is 1.13. The van der Waals surface area contributed by atoms with Crippen molar-refractivity contribution in [3.05, 3.63) is 65.3 Å². The Hall–Kier alpha value is -3.10. The highest BCUT2D eigenvalue weighted by molar-refractivity contribution is 7.99. The first-order chi connectivity index (χ1) is 16.0. The van der Waals surface area contributed by atoms with Crippen LogP contribution in [-0.2, 0) is 24.8 Å². The minimum absolute atomic E-state index is 0.0837. The number of thioether (sulfide) groups is 1. The van der Waals surface area contributed by atoms with Crippen LogP contribution in [0.3, 0.4) is 0 Å². The van der Waals surface area contributed by atoms with Crippen molar-refractivity contribution in [2.45, 2.75) is 25.0 Å². The molecule has 1 aliphatic rings. The first-order valence-corrected chi connectivity index (χ1v) is 12.2. The maximum Gasteiger partial charge on any atom is 0.237 e. The number of para-hydroxylation sites is 1. The summed E-state index contributed by atoms with van der Waals surface area (Å²) in [5.41, 5.74) is 4.90. The largest absolute Gasteiger partial charge is 0.311 e. The normalized spacial score (nSPS) is 12.9. The summed E-state index contributed by atoms with van der Waals surface area (Å²) in [7, 11) is 1.89. The summed E-state index contributed by atoms with van der Waals surface area (Å²) >= 11 is 7.48. The zero-order valence-corrected chi connectivity index (χ0v) is 20.0. The molecule has 3 heterocycles. The van der Waals surface area contributed by atoms with Crippen molar-refractivity contribution in [3.8, 4) is 22.6 Å². The van der Waals surface area contributed by atoms with Gasteiger partial charge in [-0.2, -0.15) is 5.10 Å². The lowest BCUT2D eigenvalue weighted by Crippen LogP contribution is -2.30. The van der Waals surface area contributed by atoms with Gasteiger partial charge in [-0.25, -0.2) is 0 Å². The highest BCUT2D eigenvalue weighted by Crippen LogP contribution is 2.33. The molecule has 0 radical (unpaired) electrons. The topological polar surface area (TPSA) is 68.8 Å². The minimum Gasteiger partial charge on any atom is -0.311 e. The van der Waals surface area contributed by atoms with Crippen LogP contribution in [0.15, 0.2) is 59.9 Å². The smallest absolute Gasteiger partial charge is 0.237 e. The van der Waals surface area contributed by atoms with Crippen molar-refractivity contribution in [1.29, 1.82) is 0 Å². The summed E-state index contributed by atoms with van der Waals surface area (Å²) in [4.78, 5) is 14.8. The van der Waals surface area contributed by atoms with Gasteiger partial charge in [-0.3, -0.25) is 9.48 Å². The molecule has 0 saturated carbocycles. The monoisotopic (exact) mass is 478 g/mol. The summed E-state index contributed by atoms with van der Waals surface area (Å²) < 4.78 is 3.81. The average molecular weight is 479 g/mol. The average Bonchev–Trinajstić information content (AvgIpc) is 3.54. The van der Waals surface area contributed by atoms with Crippen LogP contribution in [0.2, 0.25) is 5.02 Å². The molecule has 0 spiro atoms. The Morgan fingerprint density at radius 3 is 2.70 bits per heavy atom. The van der Waals surface area contributed by atoms with E-state index in [0.717, 1.165) is 46.5 Å². The maximum atomic E-state index is 13.0. The molecule has 0 N–H and O–H groups in total. The maximum absolute atomic E-state index is 13.0. The van der Waals surface area contributed by atoms with Crippen LogP contribution < -0.4 is 4.90 Å². The molecule has 33 heavy (non-hydrogen) atoms. The molecule has 1 amide bonds. The standard InChI is InChI=1S/C24H23ClN6OS/c1-3-30-23(19-14-29(2)28-22(19)17-8-10-18(25)11-9-17)26-27-24(30)33-15-21(32)31-13-12-16-6-4-5-7-20(16)31/h4-11,14H,3,12-13,15H2,1-2H3. The number of rotatable bonds is 6. The van der Waals surface area contributed by atoms with Gasteiger partial charge in [-0.05, 0) is 37.1 Å². The van der Waals surface area contributed by atoms with Gasteiger partial charge in [0.2, 0.25) is 5.91 Å². The molecular weight excluding hydrogens is 456 g/mol. The second-order valence-corrected chi connectivity index (χ2v) is 9.21. The lowest BCUT2D eigenvalue weighted by Gasteiger charge is -2.17. The number of halogens is 1. The fourth-order valence-corrected chi connectivity index (χ4v) is 5.16. The Morgan fingerprint density at radius 2 is 1.91 bits per heavy atom. The van der Waals surface area contributed by atoms with Crippen molar-refractivity contribution >= 4 is 35.0 Å². The lowest BCUT2D eigenvalue weighted by atomic mass is 10.1. The van der Waals surface area contributed by atoms with Gasteiger partial charge in [-0.15, -0.1) is 10.2 Å². The Kier molecular flexibility index (Phi) is 5.95. The van der Waals surface area contributed by atoms with E-state index in [1.54, 1.807) is 4.68 Å². The highest BCUT2D eigenvalue weighted by Gasteiger charge is 2.25. The van der Waals surface area contributed by atoms with Gasteiger partial charge >= 0.3 is 0 Å². The highest BCUT2D eigenvalue weighted by atomic mass is 35.5. The zero-order valence-electron chi connectivity index (χ0n) is 18.4. The number of aryl methyl sites for hydroxylation is 1. The van der Waals surface area contributed by atoms with E-state index in [0.29, 0.717) is 17.3 Å². The number of hydrogen-bond donors (Lipinski definition) is 0. The van der Waals surface area contributed by atoms with Gasteiger partial charge < -0.3 is 9.47 Å². The number of anilines is 1. The molecule has 0 saturated heterocycles. The molecule has 1 aliphatic heterocycles. The van der Waals surface area contributed by atoms with Crippen LogP contribution >= 0.6 is 23.4 Å². The van der Waals surface area contributed by atoms with Crippen LogP contribution in [0.25, 0.3) is 22.6 Å². The predicted molar refractivity (Wildman–Crippen MR) is 132 cm³/mol. The van der Waals surface area contributed by atoms with Crippen LogP contribution in [0.4, 0.5) is 5.69 Å². The number of aromatic nitrogens is 5. The van der Waals surface area contributed by atoms with Crippen molar-refractivity contribution < 1.29 is 4.79 Å². The molecule has 5 rings (SSSR count). The van der Waals surface area contributed by atoms with Gasteiger partial charge in [0.25, 0.3) is 0 Å². The van der Waals surface area contributed by atoms with E-state index in [9.17, 15) is 4.79 Å². The molecule has 0 bridgehead atoms. The molecule has 0 aliphatic carbocycles. The third-order valence-electron chi connectivity index (χ3n) is 5.73. The van der Waals surface area contributed by atoms with E-state index < -0.39 is 0 Å². The van der Waals surface area contributed by atoms with E-state index >= 15 is 0 Å². The van der Waals surface area contributed by atoms with E-state index in [4.69, 9.17) is 11.6 Å². The molecule has 7 nitrogen and oxygen atoms in total. The van der Waals surface area contributed by atoms with Gasteiger partial charge in [0.1, 0.15) is 5.69 Å². The zero-order chi connectivity index (χ0) is 22.9. The molecule has 2 aromatic heterocycles. The van der Waals surface area contributed by atoms with Crippen LogP contribution in [0, 0.1) is 0 Å². The third-order valence-corrected chi connectivity index (χ3v) is 6.94. The number of hydrogen-bond acceptors (Lipinski definition) is 5. The number of carbonyl (C=O) groups excluding carboxylic acids is 1. The number of amides is 1. The lowest BCUT2D eigenvalue weighted by molar-refractivity contribution is -0.116. The summed E-state index contributed by atoms with van der Waals surface area (Å²) in [6.07, 6.45) is 2.84. The van der Waals surface area contributed by atoms with Crippen molar-refractivity contribution in [2.75, 3.05) is 17.2 Å². The van der Waals surface area contributed by atoms with Crippen LogP contribution in [-0.4, -0.2) is 42.7 Å². The summed E-state index contributed by atoms with van der Waals surface area (Å²) in [5, 5.41) is 14.9. The molecule has 0 atom stereocenters. The van der Waals surface area contributed by atoms with E-state index in [1.165, 1.54) is 17.3 Å². The quantitative estimate of drug-likeness (QED) is 0.376. The first kappa shape index (κ1) is 21.7. The molecule has 2 aromatic carbocycles. The third kappa shape index (κ3) is 4.16. The molecule has 168 valence electrons. The molecule has 0 unspecified atom stereocenters. The summed E-state index contributed by atoms with van der Waals surface area (Å²) in [6, 6.07) is 15.7. The fraction of sp³-hybridized carbons (Fsp3) is 0.250. The second-order valence-electron chi connectivity index (χ2n) is 7.84. The second kappa shape index (κ2) is 9.03. The van der Waals surface area contributed by atoms with Crippen molar-refractivity contribution in [3.63, 3.8) is 0 Å². The Labute approximate surface area is 201 Å². The molecular formula is C24H23ClN6OS. The van der Waals surface area contributed by atoms with Crippen molar-refractivity contribution in [2.24, 2.45) is 7.05 Å². The Morgan fingerprint density at radius 1 is 1.12 bits per heavy atom. The van der Waals surface area contributed by atoms with Gasteiger partial charge in [-0.1, -0.05) is 53.7 Å². The number of nitrogens with zero attached hydrogens (tertiary/aromatic N) is 6. The molecule has 0 fully saturated rings. The van der Waals surface area contributed by atoms with Gasteiger partial charge in [0.15, 0.2) is 11.0 Å². The van der Waals surface area contributed by atoms with E-state index in [1.807, 2.05) is 72.1 Å². The van der Waals surface area contributed by atoms with Crippen molar-refractivity contribution in [1.82, 2.24) is 24.5 Å². The van der Waals surface area contributed by atoms with E-state index in [-0.39, 0.29) is 5.91 Å². The molecule has 9 heteroatoms. The van der Waals surface area contributed by atoms with Crippen LogP contribution in [0.5, 0.6) is 0 Å².